The van der Waals surface area contributed by atoms with Gasteiger partial charge in [-0.15, -0.1) is 0 Å². The number of nitriles is 2. The summed E-state index contributed by atoms with van der Waals surface area (Å²) < 4.78 is 5.71. The lowest BCUT2D eigenvalue weighted by Crippen LogP contribution is -2.58. The Hall–Kier alpha value is -2.85. The summed E-state index contributed by atoms with van der Waals surface area (Å²) in [6.07, 6.45) is 4.71. The minimum atomic E-state index is -0.621. The molecule has 0 aromatic heterocycles. The summed E-state index contributed by atoms with van der Waals surface area (Å²) in [6.45, 7) is 10.8. The summed E-state index contributed by atoms with van der Waals surface area (Å²) in [5, 5.41) is 48.8. The second-order valence-electron chi connectivity index (χ2n) is 12.9. The number of β-amino-alcohol motifs (C(OH)–C–C–N with tert-alkyl or cyclic N) is 1. The second-order valence-corrected chi connectivity index (χ2v) is 12.9. The maximum absolute atomic E-state index is 10.6. The van der Waals surface area contributed by atoms with Gasteiger partial charge in [-0.3, -0.25) is 10.3 Å². The van der Waals surface area contributed by atoms with Crippen LogP contribution >= 0.6 is 0 Å². The quantitative estimate of drug-likeness (QED) is 0.216. The van der Waals surface area contributed by atoms with Crippen LogP contribution in [0.3, 0.4) is 0 Å². The van der Waals surface area contributed by atoms with Crippen LogP contribution in [0.1, 0.15) is 52.0 Å². The molecule has 0 spiro atoms. The van der Waals surface area contributed by atoms with Crippen LogP contribution in [-0.4, -0.2) is 89.0 Å². The Balaban J connectivity index is 1.27. The molecule has 5 atom stereocenters. The van der Waals surface area contributed by atoms with Crippen molar-refractivity contribution in [1.29, 1.82) is 15.9 Å². The zero-order valence-electron chi connectivity index (χ0n) is 22.9. The summed E-state index contributed by atoms with van der Waals surface area (Å²) in [5.41, 5.74) is 0.365. The Bertz CT molecular complexity index is 1050. The number of aliphatic hydroxyl groups is 2. The largest absolute Gasteiger partial charge is 0.491 e. The highest BCUT2D eigenvalue weighted by Gasteiger charge is 2.43. The van der Waals surface area contributed by atoms with Gasteiger partial charge in [-0.05, 0) is 72.6 Å². The van der Waals surface area contributed by atoms with Gasteiger partial charge >= 0.3 is 0 Å². The highest BCUT2D eigenvalue weighted by Crippen LogP contribution is 2.46. The number of rotatable bonds is 7. The van der Waals surface area contributed by atoms with E-state index in [9.17, 15) is 15.5 Å². The average Bonchev–Trinajstić information content (AvgIpc) is 2.84. The molecule has 1 aromatic rings. The van der Waals surface area contributed by atoms with E-state index >= 15 is 0 Å². The van der Waals surface area contributed by atoms with E-state index in [4.69, 9.17) is 15.4 Å². The van der Waals surface area contributed by atoms with E-state index < -0.39 is 6.10 Å². The number of nitrogens with zero attached hydrogens (tertiary/aromatic N) is 5. The standard InChI is InChI=1S/C29H42N6O3/c1-28(2)9-24(36)10-29(3,18-28)19-35(20-31)27(32)34-14-22-8-23(15-34)13-33(12-22)16-25(37)17-38-26-6-4-21(11-30)5-7-26/h4-7,22-25,32,36-37H,8-10,12-19H2,1-3H3. The van der Waals surface area contributed by atoms with Crippen LogP contribution in [0.5, 0.6) is 5.75 Å². The van der Waals surface area contributed by atoms with Gasteiger partial charge in [0.05, 0.1) is 17.7 Å². The summed E-state index contributed by atoms with van der Waals surface area (Å²) in [6, 6.07) is 8.95. The van der Waals surface area contributed by atoms with Gasteiger partial charge in [0.2, 0.25) is 5.96 Å². The number of guanidine groups is 1. The normalized spacial score (nSPS) is 29.6. The topological polar surface area (TPSA) is 131 Å². The van der Waals surface area contributed by atoms with E-state index in [-0.39, 0.29) is 29.5 Å². The Labute approximate surface area is 226 Å². The predicted octanol–water partition coefficient (Wildman–Crippen LogP) is 2.85. The van der Waals surface area contributed by atoms with Gasteiger partial charge in [-0.1, -0.05) is 20.8 Å². The first-order valence-electron chi connectivity index (χ1n) is 13.7. The zero-order valence-corrected chi connectivity index (χ0v) is 22.9. The molecule has 2 heterocycles. The minimum absolute atomic E-state index is 0.0129. The van der Waals surface area contributed by atoms with E-state index in [2.05, 4.69) is 42.8 Å². The van der Waals surface area contributed by atoms with Crippen molar-refractivity contribution in [2.45, 2.75) is 58.7 Å². The van der Waals surface area contributed by atoms with Crippen LogP contribution in [0, 0.1) is 50.9 Å². The molecule has 0 amide bonds. The third-order valence-corrected chi connectivity index (χ3v) is 8.19. The molecule has 5 unspecified atom stereocenters. The Morgan fingerprint density at radius 3 is 2.37 bits per heavy atom. The smallest absolute Gasteiger partial charge is 0.207 e. The van der Waals surface area contributed by atoms with Gasteiger partial charge in [0.25, 0.3) is 0 Å². The molecule has 3 N–H and O–H groups in total. The lowest BCUT2D eigenvalue weighted by atomic mass is 9.63. The fourth-order valence-corrected chi connectivity index (χ4v) is 7.29. The lowest BCUT2D eigenvalue weighted by Gasteiger charge is -2.49. The van der Waals surface area contributed by atoms with Crippen LogP contribution in [0.15, 0.2) is 24.3 Å². The van der Waals surface area contributed by atoms with Crippen LogP contribution < -0.4 is 4.74 Å². The molecule has 9 heteroatoms. The minimum Gasteiger partial charge on any atom is -0.491 e. The summed E-state index contributed by atoms with van der Waals surface area (Å²) in [4.78, 5) is 5.87. The molecule has 3 fully saturated rings. The van der Waals surface area contributed by atoms with Crippen molar-refractivity contribution >= 4 is 5.96 Å². The van der Waals surface area contributed by atoms with E-state index in [1.54, 1.807) is 24.3 Å². The first-order valence-corrected chi connectivity index (χ1v) is 13.7. The van der Waals surface area contributed by atoms with E-state index in [0.717, 1.165) is 45.4 Å². The van der Waals surface area contributed by atoms with E-state index in [1.807, 2.05) is 0 Å². The Morgan fingerprint density at radius 2 is 1.79 bits per heavy atom. The highest BCUT2D eigenvalue weighted by molar-refractivity contribution is 5.78. The van der Waals surface area contributed by atoms with Gasteiger partial charge in [-0.2, -0.15) is 10.5 Å². The molecule has 9 nitrogen and oxygen atoms in total. The third-order valence-electron chi connectivity index (χ3n) is 8.19. The van der Waals surface area contributed by atoms with Crippen molar-refractivity contribution in [3.05, 3.63) is 29.8 Å². The molecular formula is C29H42N6O3. The molecule has 4 rings (SSSR count). The zero-order chi connectivity index (χ0) is 27.5. The van der Waals surface area contributed by atoms with Crippen molar-refractivity contribution in [3.63, 3.8) is 0 Å². The highest BCUT2D eigenvalue weighted by atomic mass is 16.5. The maximum Gasteiger partial charge on any atom is 0.207 e. The number of aliphatic hydroxyl groups excluding tert-OH is 2. The van der Waals surface area contributed by atoms with Crippen LogP contribution in [-0.2, 0) is 0 Å². The number of benzene rings is 1. The molecule has 1 aromatic carbocycles. The molecule has 1 aliphatic carbocycles. The van der Waals surface area contributed by atoms with E-state index in [0.29, 0.717) is 42.7 Å². The first kappa shape index (κ1) is 28.2. The molecule has 0 radical (unpaired) electrons. The Morgan fingerprint density at radius 1 is 1.13 bits per heavy atom. The SMILES string of the molecule is CC1(C)CC(O)CC(C)(CN(C#N)C(=N)N2CC3CC(CN(CC(O)COc4ccc(C#N)cc4)C3)C2)C1. The number of hydrogen-bond donors (Lipinski definition) is 3. The van der Waals surface area contributed by atoms with Crippen molar-refractivity contribution in [1.82, 2.24) is 14.7 Å². The van der Waals surface area contributed by atoms with Gasteiger partial charge < -0.3 is 19.8 Å². The molecule has 2 bridgehead atoms. The van der Waals surface area contributed by atoms with Crippen molar-refractivity contribution in [2.75, 3.05) is 45.9 Å². The molecule has 1 saturated carbocycles. The van der Waals surface area contributed by atoms with Gasteiger partial charge in [0.15, 0.2) is 6.19 Å². The number of ether oxygens (including phenoxy) is 1. The third kappa shape index (κ3) is 7.17. The summed E-state index contributed by atoms with van der Waals surface area (Å²) >= 11 is 0. The molecule has 38 heavy (non-hydrogen) atoms. The number of hydrogen-bond acceptors (Lipinski definition) is 7. The second kappa shape index (κ2) is 11.5. The summed E-state index contributed by atoms with van der Waals surface area (Å²) in [7, 11) is 0. The van der Waals surface area contributed by atoms with Gasteiger partial charge in [-0.25, -0.2) is 4.90 Å². The first-order chi connectivity index (χ1) is 18.0. The Kier molecular flexibility index (Phi) is 8.52. The molecule has 3 aliphatic rings. The van der Waals surface area contributed by atoms with Gasteiger partial charge in [0, 0.05) is 39.3 Å². The molecule has 206 valence electrons. The number of nitrogens with one attached hydrogen (secondary N) is 1. The monoisotopic (exact) mass is 522 g/mol. The van der Waals surface area contributed by atoms with Crippen LogP contribution in [0.2, 0.25) is 0 Å². The van der Waals surface area contributed by atoms with Gasteiger partial charge in [0.1, 0.15) is 18.5 Å². The molecular weight excluding hydrogens is 480 g/mol. The molecule has 2 saturated heterocycles. The average molecular weight is 523 g/mol. The maximum atomic E-state index is 10.6. The number of piperidine rings is 2. The molecule has 2 aliphatic heterocycles. The lowest BCUT2D eigenvalue weighted by molar-refractivity contribution is -0.0161. The van der Waals surface area contributed by atoms with Crippen molar-refractivity contribution < 1.29 is 14.9 Å². The van der Waals surface area contributed by atoms with Crippen LogP contribution in [0.25, 0.3) is 0 Å². The fourth-order valence-electron chi connectivity index (χ4n) is 7.29. The predicted molar refractivity (Wildman–Crippen MR) is 144 cm³/mol. The fraction of sp³-hybridized carbons (Fsp3) is 0.690. The van der Waals surface area contributed by atoms with Crippen molar-refractivity contribution in [2.24, 2.45) is 22.7 Å². The number of likely N-dealkylation sites (tertiary alicyclic amines) is 2. The summed E-state index contributed by atoms with van der Waals surface area (Å²) in [5.74, 6) is 1.66. The number of fused-ring (bicyclic) bond motifs is 2. The van der Waals surface area contributed by atoms with Crippen molar-refractivity contribution in [3.8, 4) is 18.0 Å². The van der Waals surface area contributed by atoms with Crippen LogP contribution in [0.4, 0.5) is 0 Å². The van der Waals surface area contributed by atoms with E-state index in [1.165, 1.54) is 4.90 Å².